The molecule has 6 nitrogen and oxygen atoms in total. The zero-order chi connectivity index (χ0) is 19.9. The first-order valence-corrected chi connectivity index (χ1v) is 10.7. The summed E-state index contributed by atoms with van der Waals surface area (Å²) in [7, 11) is 1.67. The third kappa shape index (κ3) is 5.25. The lowest BCUT2D eigenvalue weighted by Crippen LogP contribution is -2.43. The molecule has 1 aromatic carbocycles. The van der Waals surface area contributed by atoms with Crippen molar-refractivity contribution in [3.05, 3.63) is 35.4 Å². The summed E-state index contributed by atoms with van der Waals surface area (Å²) < 4.78 is 0. The topological polar surface area (TPSA) is 64.7 Å². The molecule has 6 heteroatoms. The third-order valence-electron chi connectivity index (χ3n) is 6.17. The molecule has 2 fully saturated rings. The lowest BCUT2D eigenvalue weighted by molar-refractivity contribution is 0.0938. The quantitative estimate of drug-likeness (QED) is 0.818. The Balaban J connectivity index is 1.55. The Kier molecular flexibility index (Phi) is 7.31. The van der Waals surface area contributed by atoms with Crippen LogP contribution in [0.3, 0.4) is 0 Å². The summed E-state index contributed by atoms with van der Waals surface area (Å²) in [6, 6.07) is 8.49. The van der Waals surface area contributed by atoms with Gasteiger partial charge < -0.3 is 15.5 Å². The molecule has 2 aliphatic rings. The Morgan fingerprint density at radius 2 is 2.00 bits per heavy atom. The molecule has 3 amide bonds. The largest absolute Gasteiger partial charge is 0.351 e. The highest BCUT2D eigenvalue weighted by Gasteiger charge is 2.24. The molecule has 2 N–H and O–H groups in total. The fourth-order valence-electron chi connectivity index (χ4n) is 4.43. The predicted molar refractivity (Wildman–Crippen MR) is 112 cm³/mol. The van der Waals surface area contributed by atoms with Crippen molar-refractivity contribution in [1.82, 2.24) is 20.4 Å². The Labute approximate surface area is 168 Å². The van der Waals surface area contributed by atoms with Crippen molar-refractivity contribution in [3.8, 4) is 0 Å². The molecule has 0 radical (unpaired) electrons. The fraction of sp³-hybridized carbons (Fsp3) is 0.636. The zero-order valence-corrected chi connectivity index (χ0v) is 17.2. The summed E-state index contributed by atoms with van der Waals surface area (Å²) in [4.78, 5) is 28.9. The smallest absolute Gasteiger partial charge is 0.317 e. The molecule has 1 aromatic rings. The van der Waals surface area contributed by atoms with Gasteiger partial charge >= 0.3 is 6.03 Å². The zero-order valence-electron chi connectivity index (χ0n) is 17.2. The number of hydrogen-bond donors (Lipinski definition) is 2. The summed E-state index contributed by atoms with van der Waals surface area (Å²) in [5.74, 6) is 0.276. The molecule has 2 atom stereocenters. The lowest BCUT2D eigenvalue weighted by Gasteiger charge is -2.33. The van der Waals surface area contributed by atoms with Crippen LogP contribution in [0.4, 0.5) is 4.79 Å². The number of piperidine rings is 2. The predicted octanol–water partition coefficient (Wildman–Crippen LogP) is 2.81. The molecule has 2 aliphatic heterocycles. The second-order valence-electron chi connectivity index (χ2n) is 8.10. The van der Waals surface area contributed by atoms with Gasteiger partial charge in [0.1, 0.15) is 0 Å². The van der Waals surface area contributed by atoms with Gasteiger partial charge in [-0.2, -0.15) is 0 Å². The van der Waals surface area contributed by atoms with E-state index in [-0.39, 0.29) is 17.9 Å². The standard InChI is InChI=1S/C22H34N4O2/c1-17-7-3-4-12-25(17)14-11-24-21(27)19-9-5-8-18(15-19)20-10-6-13-26(16-20)22(28)23-2/h5,8-9,15,17,20H,3-4,6-7,10-14,16H2,1-2H3,(H,23,28)(H,24,27)/t17-,20-/m0/s1. The number of likely N-dealkylation sites (tertiary alicyclic amines) is 2. The number of urea groups is 1. The Morgan fingerprint density at radius 3 is 2.79 bits per heavy atom. The summed E-state index contributed by atoms with van der Waals surface area (Å²) in [5, 5.41) is 5.79. The van der Waals surface area contributed by atoms with Crippen molar-refractivity contribution < 1.29 is 9.59 Å². The van der Waals surface area contributed by atoms with Gasteiger partial charge in [0.2, 0.25) is 0 Å². The molecule has 0 aromatic heterocycles. The highest BCUT2D eigenvalue weighted by molar-refractivity contribution is 5.94. The van der Waals surface area contributed by atoms with Gasteiger partial charge in [0.15, 0.2) is 0 Å². The number of rotatable bonds is 5. The van der Waals surface area contributed by atoms with Gasteiger partial charge in [0, 0.05) is 50.7 Å². The van der Waals surface area contributed by atoms with E-state index in [0.717, 1.165) is 38.0 Å². The molecule has 0 aliphatic carbocycles. The lowest BCUT2D eigenvalue weighted by atomic mass is 9.89. The van der Waals surface area contributed by atoms with E-state index in [1.54, 1.807) is 7.05 Å². The van der Waals surface area contributed by atoms with E-state index in [4.69, 9.17) is 0 Å². The minimum absolute atomic E-state index is 0.00882. The SMILES string of the molecule is CNC(=O)N1CCC[C@H](c2cccc(C(=O)NCCN3CCCC[C@@H]3C)c2)C1. The normalized spacial score (nSPS) is 23.3. The highest BCUT2D eigenvalue weighted by Crippen LogP contribution is 2.27. The number of nitrogens with one attached hydrogen (secondary N) is 2. The van der Waals surface area contributed by atoms with Crippen molar-refractivity contribution in [1.29, 1.82) is 0 Å². The van der Waals surface area contributed by atoms with Crippen molar-refractivity contribution >= 4 is 11.9 Å². The third-order valence-corrected chi connectivity index (χ3v) is 6.17. The van der Waals surface area contributed by atoms with Gasteiger partial charge in [0.25, 0.3) is 5.91 Å². The minimum Gasteiger partial charge on any atom is -0.351 e. The molecule has 0 unspecified atom stereocenters. The number of carbonyl (C=O) groups is 2. The van der Waals surface area contributed by atoms with Gasteiger partial charge in [0.05, 0.1) is 0 Å². The van der Waals surface area contributed by atoms with Crippen molar-refractivity contribution in [2.75, 3.05) is 39.8 Å². The summed E-state index contributed by atoms with van der Waals surface area (Å²) in [6.45, 7) is 6.51. The van der Waals surface area contributed by atoms with E-state index in [2.05, 4.69) is 28.5 Å². The number of nitrogens with zero attached hydrogens (tertiary/aromatic N) is 2. The summed E-state index contributed by atoms with van der Waals surface area (Å²) >= 11 is 0. The number of hydrogen-bond acceptors (Lipinski definition) is 3. The van der Waals surface area contributed by atoms with Gasteiger partial charge in [-0.1, -0.05) is 18.6 Å². The fourth-order valence-corrected chi connectivity index (χ4v) is 4.43. The first-order valence-electron chi connectivity index (χ1n) is 10.7. The molecular formula is C22H34N4O2. The number of carbonyl (C=O) groups excluding carboxylic acids is 2. The molecule has 0 bridgehead atoms. The Hall–Kier alpha value is -2.08. The first kappa shape index (κ1) is 20.6. The van der Waals surface area contributed by atoms with Gasteiger partial charge in [-0.15, -0.1) is 0 Å². The van der Waals surface area contributed by atoms with Crippen LogP contribution in [0, 0.1) is 0 Å². The maximum Gasteiger partial charge on any atom is 0.317 e. The van der Waals surface area contributed by atoms with Crippen LogP contribution in [0.15, 0.2) is 24.3 Å². The number of amides is 3. The Morgan fingerprint density at radius 1 is 1.14 bits per heavy atom. The molecule has 0 spiro atoms. The van der Waals surface area contributed by atoms with E-state index < -0.39 is 0 Å². The molecule has 2 heterocycles. The second-order valence-corrected chi connectivity index (χ2v) is 8.10. The Bertz CT molecular complexity index is 678. The van der Waals surface area contributed by atoms with Gasteiger partial charge in [-0.05, 0) is 56.8 Å². The molecule has 0 saturated carbocycles. The van der Waals surface area contributed by atoms with E-state index in [0.29, 0.717) is 24.7 Å². The van der Waals surface area contributed by atoms with Crippen LogP contribution < -0.4 is 10.6 Å². The van der Waals surface area contributed by atoms with Crippen LogP contribution in [-0.2, 0) is 0 Å². The average molecular weight is 387 g/mol. The van der Waals surface area contributed by atoms with E-state index in [1.165, 1.54) is 19.3 Å². The molecule has 28 heavy (non-hydrogen) atoms. The van der Waals surface area contributed by atoms with E-state index in [1.807, 2.05) is 23.1 Å². The summed E-state index contributed by atoms with van der Waals surface area (Å²) in [6.07, 6.45) is 5.86. The highest BCUT2D eigenvalue weighted by atomic mass is 16.2. The van der Waals surface area contributed by atoms with Crippen molar-refractivity contribution in [2.24, 2.45) is 0 Å². The van der Waals surface area contributed by atoms with Gasteiger partial charge in [-0.25, -0.2) is 4.79 Å². The first-order chi connectivity index (χ1) is 13.6. The maximum absolute atomic E-state index is 12.6. The van der Waals surface area contributed by atoms with Gasteiger partial charge in [-0.3, -0.25) is 9.69 Å². The molecule has 154 valence electrons. The van der Waals surface area contributed by atoms with E-state index >= 15 is 0 Å². The van der Waals surface area contributed by atoms with Crippen molar-refractivity contribution in [3.63, 3.8) is 0 Å². The molecular weight excluding hydrogens is 352 g/mol. The monoisotopic (exact) mass is 386 g/mol. The molecule has 3 rings (SSSR count). The van der Waals surface area contributed by atoms with Crippen LogP contribution in [-0.4, -0.2) is 67.6 Å². The molecule has 2 saturated heterocycles. The minimum atomic E-state index is -0.0226. The van der Waals surface area contributed by atoms with Crippen LogP contribution in [0.25, 0.3) is 0 Å². The van der Waals surface area contributed by atoms with Crippen LogP contribution in [0.1, 0.15) is 60.9 Å². The van der Waals surface area contributed by atoms with Crippen molar-refractivity contribution in [2.45, 2.75) is 51.0 Å². The number of benzene rings is 1. The van der Waals surface area contributed by atoms with Crippen LogP contribution in [0.2, 0.25) is 0 Å². The van der Waals surface area contributed by atoms with Crippen LogP contribution in [0.5, 0.6) is 0 Å². The average Bonchev–Trinajstić information content (AvgIpc) is 2.74. The summed E-state index contributed by atoms with van der Waals surface area (Å²) in [5.41, 5.74) is 1.85. The van der Waals surface area contributed by atoms with Crippen LogP contribution >= 0.6 is 0 Å². The maximum atomic E-state index is 12.6. The van der Waals surface area contributed by atoms with E-state index in [9.17, 15) is 9.59 Å². The second kappa shape index (κ2) is 9.92.